The Morgan fingerprint density at radius 2 is 1.84 bits per heavy atom. The first kappa shape index (κ1) is 19.8. The van der Waals surface area contributed by atoms with E-state index in [1.54, 1.807) is 13.8 Å². The van der Waals surface area contributed by atoms with Gasteiger partial charge in [0.2, 0.25) is 0 Å². The number of aromatic nitrogens is 1. The molecule has 1 amide bonds. The number of rotatable bonds is 3. The summed E-state index contributed by atoms with van der Waals surface area (Å²) in [4.78, 5) is 32.2. The van der Waals surface area contributed by atoms with Crippen molar-refractivity contribution in [1.29, 1.82) is 0 Å². The molecule has 2 aliphatic rings. The van der Waals surface area contributed by atoms with Gasteiger partial charge in [0.1, 0.15) is 5.69 Å². The van der Waals surface area contributed by atoms with E-state index in [9.17, 15) is 9.59 Å². The number of carbonyl (C=O) groups excluding carboxylic acids is 2. The number of hydrogen-bond donors (Lipinski definition) is 2. The molecule has 2 N–H and O–H groups in total. The lowest BCUT2D eigenvalue weighted by Gasteiger charge is -2.32. The largest absolute Gasteiger partial charge is 0.465 e. The molecule has 0 saturated carbocycles. The smallest absolute Gasteiger partial charge is 0.339 e. The Kier molecular flexibility index (Phi) is 6.48. The molecule has 3 heterocycles. The van der Waals surface area contributed by atoms with Gasteiger partial charge in [-0.05, 0) is 25.8 Å². The highest BCUT2D eigenvalue weighted by atomic mass is 35.5. The fraction of sp³-hybridized carbons (Fsp3) is 0.647. The van der Waals surface area contributed by atoms with Crippen molar-refractivity contribution in [3.05, 3.63) is 22.5 Å². The minimum atomic E-state index is -0.402. The maximum Gasteiger partial charge on any atom is 0.339 e. The molecule has 140 valence electrons. The fourth-order valence-electron chi connectivity index (χ4n) is 3.80. The van der Waals surface area contributed by atoms with E-state index in [4.69, 9.17) is 4.74 Å². The first-order valence-electron chi connectivity index (χ1n) is 8.54. The molecule has 2 fully saturated rings. The summed E-state index contributed by atoms with van der Waals surface area (Å²) in [6, 6.07) is 0.437. The second-order valence-corrected chi connectivity index (χ2v) is 6.60. The number of nitrogens with zero attached hydrogens (tertiary/aromatic N) is 2. The lowest BCUT2D eigenvalue weighted by Crippen LogP contribution is -2.49. The van der Waals surface area contributed by atoms with E-state index in [1.165, 1.54) is 7.11 Å². The number of amides is 1. The number of H-pyrrole nitrogens is 1. The van der Waals surface area contributed by atoms with Gasteiger partial charge in [-0.1, -0.05) is 0 Å². The molecule has 1 unspecified atom stereocenters. The van der Waals surface area contributed by atoms with E-state index >= 15 is 0 Å². The van der Waals surface area contributed by atoms with Gasteiger partial charge in [0.05, 0.1) is 12.7 Å². The zero-order valence-corrected chi connectivity index (χ0v) is 15.9. The molecule has 3 rings (SSSR count). The van der Waals surface area contributed by atoms with Gasteiger partial charge in [-0.25, -0.2) is 4.79 Å². The van der Waals surface area contributed by atoms with Crippen molar-refractivity contribution in [2.45, 2.75) is 26.3 Å². The van der Waals surface area contributed by atoms with Crippen molar-refractivity contribution in [3.8, 4) is 0 Å². The van der Waals surface area contributed by atoms with Crippen LogP contribution in [0.5, 0.6) is 0 Å². The predicted octanol–water partition coefficient (Wildman–Crippen LogP) is 0.960. The van der Waals surface area contributed by atoms with Gasteiger partial charge in [-0.3, -0.25) is 9.69 Å². The summed E-state index contributed by atoms with van der Waals surface area (Å²) in [5.74, 6) is -0.427. The van der Waals surface area contributed by atoms with E-state index < -0.39 is 5.97 Å². The lowest BCUT2D eigenvalue weighted by molar-refractivity contribution is 0.0599. The molecule has 0 aliphatic carbocycles. The third-order valence-corrected chi connectivity index (χ3v) is 5.16. The van der Waals surface area contributed by atoms with E-state index in [1.807, 2.05) is 4.90 Å². The highest BCUT2D eigenvalue weighted by Crippen LogP contribution is 2.23. The number of esters is 1. The number of piperazine rings is 1. The standard InChI is InChI=1S/C17H26N4O3.ClH/c1-11-14(17(23)24-3)12(2)19-15(11)16(22)21-7-4-13(10-21)20-8-5-18-6-9-20;/h13,18-19H,4-10H2,1-3H3;1H. The Morgan fingerprint density at radius 3 is 2.48 bits per heavy atom. The SMILES string of the molecule is COC(=O)c1c(C)[nH]c(C(=O)N2CCC(N3CCNCC3)C2)c1C.Cl. The number of nitrogens with one attached hydrogen (secondary N) is 2. The van der Waals surface area contributed by atoms with Gasteiger partial charge < -0.3 is 19.9 Å². The van der Waals surface area contributed by atoms with Gasteiger partial charge in [0.25, 0.3) is 5.91 Å². The van der Waals surface area contributed by atoms with Crippen molar-refractivity contribution in [2.24, 2.45) is 0 Å². The average molecular weight is 371 g/mol. The number of ether oxygens (including phenoxy) is 1. The second-order valence-electron chi connectivity index (χ2n) is 6.60. The summed E-state index contributed by atoms with van der Waals surface area (Å²) in [5.41, 5.74) is 2.34. The molecule has 1 atom stereocenters. The summed E-state index contributed by atoms with van der Waals surface area (Å²) in [6.07, 6.45) is 1.01. The maximum absolute atomic E-state index is 12.9. The van der Waals surface area contributed by atoms with Crippen molar-refractivity contribution >= 4 is 24.3 Å². The molecular formula is C17H27ClN4O3. The third-order valence-electron chi connectivity index (χ3n) is 5.16. The third kappa shape index (κ3) is 3.83. The predicted molar refractivity (Wildman–Crippen MR) is 97.6 cm³/mol. The van der Waals surface area contributed by atoms with Crippen LogP contribution in [-0.2, 0) is 4.74 Å². The zero-order valence-electron chi connectivity index (χ0n) is 15.1. The molecule has 8 heteroatoms. The molecule has 1 aromatic rings. The van der Waals surface area contributed by atoms with Gasteiger partial charge in [-0.2, -0.15) is 0 Å². The summed E-state index contributed by atoms with van der Waals surface area (Å²) in [7, 11) is 1.36. The monoisotopic (exact) mass is 370 g/mol. The Balaban J connectivity index is 0.00000225. The fourth-order valence-corrected chi connectivity index (χ4v) is 3.80. The van der Waals surface area contributed by atoms with Crippen LogP contribution >= 0.6 is 12.4 Å². The molecule has 2 saturated heterocycles. The van der Waals surface area contributed by atoms with Crippen LogP contribution in [0.3, 0.4) is 0 Å². The minimum Gasteiger partial charge on any atom is -0.465 e. The Hall–Kier alpha value is -1.57. The number of aryl methyl sites for hydroxylation is 1. The zero-order chi connectivity index (χ0) is 17.3. The summed E-state index contributed by atoms with van der Waals surface area (Å²) < 4.78 is 4.82. The van der Waals surface area contributed by atoms with Crippen LogP contribution in [0, 0.1) is 13.8 Å². The summed E-state index contributed by atoms with van der Waals surface area (Å²) in [6.45, 7) is 9.22. The average Bonchev–Trinajstić information content (AvgIpc) is 3.20. The topological polar surface area (TPSA) is 77.7 Å². The number of aromatic amines is 1. The molecule has 0 radical (unpaired) electrons. The molecule has 0 spiro atoms. The van der Waals surface area contributed by atoms with Crippen LogP contribution in [0.25, 0.3) is 0 Å². The lowest BCUT2D eigenvalue weighted by atomic mass is 10.1. The van der Waals surface area contributed by atoms with Crippen LogP contribution < -0.4 is 5.32 Å². The van der Waals surface area contributed by atoms with Gasteiger partial charge in [0, 0.05) is 51.0 Å². The molecular weight excluding hydrogens is 344 g/mol. The van der Waals surface area contributed by atoms with Crippen LogP contribution in [0.15, 0.2) is 0 Å². The van der Waals surface area contributed by atoms with Crippen LogP contribution in [-0.4, -0.2) is 79.1 Å². The van der Waals surface area contributed by atoms with E-state index in [0.29, 0.717) is 28.6 Å². The van der Waals surface area contributed by atoms with Crippen LogP contribution in [0.4, 0.5) is 0 Å². The number of hydrogen-bond acceptors (Lipinski definition) is 5. The summed E-state index contributed by atoms with van der Waals surface area (Å²) >= 11 is 0. The van der Waals surface area contributed by atoms with Crippen molar-refractivity contribution in [3.63, 3.8) is 0 Å². The Bertz CT molecular complexity index is 640. The molecule has 25 heavy (non-hydrogen) atoms. The number of halogens is 1. The van der Waals surface area contributed by atoms with Crippen molar-refractivity contribution in [1.82, 2.24) is 20.1 Å². The van der Waals surface area contributed by atoms with Crippen LogP contribution in [0.1, 0.15) is 38.5 Å². The second kappa shape index (κ2) is 8.21. The highest BCUT2D eigenvalue weighted by Gasteiger charge is 2.33. The molecule has 0 aromatic carbocycles. The summed E-state index contributed by atoms with van der Waals surface area (Å²) in [5, 5.41) is 3.36. The van der Waals surface area contributed by atoms with Gasteiger partial charge in [0.15, 0.2) is 0 Å². The first-order chi connectivity index (χ1) is 11.5. The molecule has 1 aromatic heterocycles. The van der Waals surface area contributed by atoms with Crippen molar-refractivity contribution < 1.29 is 14.3 Å². The van der Waals surface area contributed by atoms with Gasteiger partial charge >= 0.3 is 5.97 Å². The Labute approximate surface area is 154 Å². The van der Waals surface area contributed by atoms with Crippen molar-refractivity contribution in [2.75, 3.05) is 46.4 Å². The van der Waals surface area contributed by atoms with E-state index in [-0.39, 0.29) is 18.3 Å². The van der Waals surface area contributed by atoms with Crippen LogP contribution in [0.2, 0.25) is 0 Å². The number of methoxy groups -OCH3 is 1. The first-order valence-corrected chi connectivity index (χ1v) is 8.54. The minimum absolute atomic E-state index is 0. The van der Waals surface area contributed by atoms with E-state index in [2.05, 4.69) is 15.2 Å². The molecule has 2 aliphatic heterocycles. The number of carbonyl (C=O) groups is 2. The molecule has 7 nitrogen and oxygen atoms in total. The normalized spacial score (nSPS) is 21.1. The number of likely N-dealkylation sites (tertiary alicyclic amines) is 1. The maximum atomic E-state index is 12.9. The molecule has 0 bridgehead atoms. The quantitative estimate of drug-likeness (QED) is 0.775. The Morgan fingerprint density at radius 1 is 1.16 bits per heavy atom. The van der Waals surface area contributed by atoms with E-state index in [0.717, 1.165) is 45.7 Å². The van der Waals surface area contributed by atoms with Gasteiger partial charge in [-0.15, -0.1) is 12.4 Å². The highest BCUT2D eigenvalue weighted by molar-refractivity contribution is 6.00.